The fourth-order valence-corrected chi connectivity index (χ4v) is 1.61. The van der Waals surface area contributed by atoms with Crippen LogP contribution in [0.5, 0.6) is 0 Å². The highest BCUT2D eigenvalue weighted by atomic mass is 35.5. The number of carbonyl (C=O) groups is 1. The molecule has 2 aromatic carbocycles. The number of nitrogens with zero attached hydrogens (tertiary/aromatic N) is 1. The molecule has 1 amide bonds. The van der Waals surface area contributed by atoms with Gasteiger partial charge in [0, 0.05) is 5.56 Å². The number of benzene rings is 2. The molecule has 0 aliphatic carbocycles. The van der Waals surface area contributed by atoms with Crippen LogP contribution in [0.3, 0.4) is 0 Å². The smallest absolute Gasteiger partial charge is 0.419 e. The van der Waals surface area contributed by atoms with E-state index in [1.807, 2.05) is 66.9 Å². The lowest BCUT2D eigenvalue weighted by Gasteiger charge is -1.95. The summed E-state index contributed by atoms with van der Waals surface area (Å²) in [5, 5.41) is 0. The van der Waals surface area contributed by atoms with Gasteiger partial charge >= 0.3 is 5.91 Å². The van der Waals surface area contributed by atoms with Crippen molar-refractivity contribution in [3.8, 4) is 0 Å². The minimum absolute atomic E-state index is 0. The highest BCUT2D eigenvalue weighted by Crippen LogP contribution is 2.01. The van der Waals surface area contributed by atoms with Gasteiger partial charge in [-0.1, -0.05) is 36.4 Å². The molecule has 18 heavy (non-hydrogen) atoms. The number of hydrogen-bond acceptors (Lipinski definition) is 1. The first-order valence-electron chi connectivity index (χ1n) is 5.49. The summed E-state index contributed by atoms with van der Waals surface area (Å²) in [6.45, 7) is 0. The molecule has 0 spiro atoms. The molecule has 0 saturated carbocycles. The monoisotopic (exact) mass is 259 g/mol. The van der Waals surface area contributed by atoms with Crippen molar-refractivity contribution in [3.05, 3.63) is 71.8 Å². The third kappa shape index (κ3) is 3.54. The predicted octanol–water partition coefficient (Wildman–Crippen LogP) is -0.408. The zero-order valence-electron chi connectivity index (χ0n) is 10.1. The first-order valence-corrected chi connectivity index (χ1v) is 5.49. The third-order valence-corrected chi connectivity index (χ3v) is 2.48. The lowest BCUT2D eigenvalue weighted by atomic mass is 10.2. The summed E-state index contributed by atoms with van der Waals surface area (Å²) in [4.78, 5) is 12.0. The standard InChI is InChI=1S/C15H14NO.ClH/c1-16(12-13-8-4-2-5-9-13)15(17)14-10-6-3-7-11-14;/h2-12H,1H3;1H/q+1;/p-1. The molecular formula is C15H14ClNO. The zero-order valence-corrected chi connectivity index (χ0v) is 10.8. The zero-order chi connectivity index (χ0) is 12.1. The van der Waals surface area contributed by atoms with Crippen molar-refractivity contribution < 1.29 is 21.8 Å². The van der Waals surface area contributed by atoms with Gasteiger partial charge in [0.15, 0.2) is 6.21 Å². The lowest BCUT2D eigenvalue weighted by molar-refractivity contribution is -0.388. The second-order valence-corrected chi connectivity index (χ2v) is 3.82. The molecule has 0 aliphatic rings. The average Bonchev–Trinajstić information content (AvgIpc) is 2.40. The van der Waals surface area contributed by atoms with Gasteiger partial charge in [-0.15, -0.1) is 0 Å². The van der Waals surface area contributed by atoms with Crippen LogP contribution in [0.2, 0.25) is 0 Å². The van der Waals surface area contributed by atoms with Gasteiger partial charge in [-0.25, -0.2) is 4.79 Å². The Bertz CT molecular complexity index is 535. The topological polar surface area (TPSA) is 20.1 Å². The minimum Gasteiger partial charge on any atom is -1.00 e. The van der Waals surface area contributed by atoms with E-state index in [1.54, 1.807) is 11.6 Å². The summed E-state index contributed by atoms with van der Waals surface area (Å²) in [5.41, 5.74) is 1.71. The van der Waals surface area contributed by atoms with E-state index in [4.69, 9.17) is 0 Å². The normalized spacial score (nSPS) is 10.6. The molecule has 2 aromatic rings. The van der Waals surface area contributed by atoms with Crippen molar-refractivity contribution in [1.29, 1.82) is 0 Å². The Balaban J connectivity index is 0.00000162. The van der Waals surface area contributed by atoms with E-state index in [0.717, 1.165) is 5.56 Å². The van der Waals surface area contributed by atoms with Gasteiger partial charge in [-0.05, 0) is 24.3 Å². The summed E-state index contributed by atoms with van der Waals surface area (Å²) in [7, 11) is 1.77. The van der Waals surface area contributed by atoms with Crippen LogP contribution in [0.15, 0.2) is 60.7 Å². The van der Waals surface area contributed by atoms with Crippen molar-refractivity contribution in [3.63, 3.8) is 0 Å². The SMILES string of the molecule is C[N+](=Cc1ccccc1)C(=O)c1ccccc1.[Cl-]. The number of hydrogen-bond donors (Lipinski definition) is 0. The summed E-state index contributed by atoms with van der Waals surface area (Å²) >= 11 is 0. The Hall–Kier alpha value is -1.93. The fraction of sp³-hybridized carbons (Fsp3) is 0.0667. The van der Waals surface area contributed by atoms with Crippen LogP contribution in [0.25, 0.3) is 0 Å². The summed E-state index contributed by atoms with van der Waals surface area (Å²) in [5.74, 6) is -0.00514. The molecule has 0 saturated heterocycles. The molecule has 2 nitrogen and oxygen atoms in total. The molecule has 0 radical (unpaired) electrons. The summed E-state index contributed by atoms with van der Waals surface area (Å²) in [6.07, 6.45) is 1.83. The quantitative estimate of drug-likeness (QED) is 0.531. The molecule has 2 rings (SSSR count). The van der Waals surface area contributed by atoms with Gasteiger partial charge in [0.2, 0.25) is 0 Å². The van der Waals surface area contributed by atoms with E-state index in [0.29, 0.717) is 5.56 Å². The highest BCUT2D eigenvalue weighted by Gasteiger charge is 2.14. The van der Waals surface area contributed by atoms with Crippen molar-refractivity contribution in [2.45, 2.75) is 0 Å². The Morgan fingerprint density at radius 3 is 2.00 bits per heavy atom. The van der Waals surface area contributed by atoms with Crippen molar-refractivity contribution in [2.24, 2.45) is 0 Å². The van der Waals surface area contributed by atoms with Crippen LogP contribution in [0, 0.1) is 0 Å². The Labute approximate surface area is 113 Å². The fourth-order valence-electron chi connectivity index (χ4n) is 1.61. The van der Waals surface area contributed by atoms with Crippen LogP contribution < -0.4 is 12.4 Å². The Morgan fingerprint density at radius 1 is 0.944 bits per heavy atom. The van der Waals surface area contributed by atoms with Crippen molar-refractivity contribution >= 4 is 12.1 Å². The first-order chi connectivity index (χ1) is 8.27. The molecule has 0 fully saturated rings. The van der Waals surface area contributed by atoms with Crippen LogP contribution in [0.4, 0.5) is 0 Å². The van der Waals surface area contributed by atoms with Gasteiger partial charge in [0.25, 0.3) is 0 Å². The van der Waals surface area contributed by atoms with Crippen molar-refractivity contribution in [1.82, 2.24) is 0 Å². The predicted molar refractivity (Wildman–Crippen MR) is 68.6 cm³/mol. The number of rotatable bonds is 2. The molecule has 0 aromatic heterocycles. The van der Waals surface area contributed by atoms with Gasteiger partial charge in [0.1, 0.15) is 7.05 Å². The van der Waals surface area contributed by atoms with Gasteiger partial charge in [-0.2, -0.15) is 4.58 Å². The number of halogens is 1. The number of amides is 1. The van der Waals surface area contributed by atoms with E-state index in [9.17, 15) is 4.79 Å². The maximum absolute atomic E-state index is 12.0. The second-order valence-electron chi connectivity index (χ2n) is 3.82. The lowest BCUT2D eigenvalue weighted by Crippen LogP contribution is -3.00. The van der Waals surface area contributed by atoms with Gasteiger partial charge in [-0.3, -0.25) is 0 Å². The van der Waals surface area contributed by atoms with Crippen LogP contribution in [-0.4, -0.2) is 23.7 Å². The average molecular weight is 260 g/mol. The summed E-state index contributed by atoms with van der Waals surface area (Å²) in [6, 6.07) is 19.1. The largest absolute Gasteiger partial charge is 1.00 e. The van der Waals surface area contributed by atoms with E-state index in [2.05, 4.69) is 0 Å². The maximum atomic E-state index is 12.0. The minimum atomic E-state index is -0.00514. The van der Waals surface area contributed by atoms with E-state index in [-0.39, 0.29) is 18.3 Å². The Morgan fingerprint density at radius 2 is 1.44 bits per heavy atom. The molecule has 3 heteroatoms. The Kier molecular flexibility index (Phi) is 5.28. The molecule has 92 valence electrons. The maximum Gasteiger partial charge on any atom is 0.419 e. The molecule has 0 aliphatic heterocycles. The van der Waals surface area contributed by atoms with E-state index >= 15 is 0 Å². The van der Waals surface area contributed by atoms with E-state index in [1.165, 1.54) is 0 Å². The van der Waals surface area contributed by atoms with Gasteiger partial charge < -0.3 is 12.4 Å². The summed E-state index contributed by atoms with van der Waals surface area (Å²) < 4.78 is 1.60. The molecule has 0 unspecified atom stereocenters. The second kappa shape index (κ2) is 6.72. The molecule has 0 N–H and O–H groups in total. The molecule has 0 atom stereocenters. The third-order valence-electron chi connectivity index (χ3n) is 2.48. The van der Waals surface area contributed by atoms with Crippen LogP contribution >= 0.6 is 0 Å². The molecule has 0 bridgehead atoms. The first kappa shape index (κ1) is 14.1. The van der Waals surface area contributed by atoms with Gasteiger partial charge in [0.05, 0.1) is 5.56 Å². The number of carbonyl (C=O) groups excluding carboxylic acids is 1. The molecule has 0 heterocycles. The van der Waals surface area contributed by atoms with Crippen LogP contribution in [-0.2, 0) is 0 Å². The molecular weight excluding hydrogens is 246 g/mol. The van der Waals surface area contributed by atoms with E-state index < -0.39 is 0 Å². The van der Waals surface area contributed by atoms with Crippen LogP contribution in [0.1, 0.15) is 15.9 Å². The van der Waals surface area contributed by atoms with Crippen molar-refractivity contribution in [2.75, 3.05) is 7.05 Å². The highest BCUT2D eigenvalue weighted by molar-refractivity contribution is 5.91.